The molecule has 5 heteroatoms. The highest BCUT2D eigenvalue weighted by molar-refractivity contribution is 6.36. The first-order valence-electron chi connectivity index (χ1n) is 5.98. The lowest BCUT2D eigenvalue weighted by molar-refractivity contribution is 0.298. The van der Waals surface area contributed by atoms with Crippen molar-refractivity contribution in [1.29, 1.82) is 0 Å². The number of hydrogen-bond acceptors (Lipinski definition) is 4. The van der Waals surface area contributed by atoms with Crippen LogP contribution in [0.1, 0.15) is 6.92 Å². The summed E-state index contributed by atoms with van der Waals surface area (Å²) in [5, 5.41) is 17.1. The first kappa shape index (κ1) is 15.1. The Morgan fingerprint density at radius 2 is 1.16 bits per heavy atom. The lowest BCUT2D eigenvalue weighted by atomic mass is 10.2. The molecular weight excluding hydrogens is 243 g/mol. The minimum atomic E-state index is -1.30. The van der Waals surface area contributed by atoms with Gasteiger partial charge in [-0.2, -0.15) is 0 Å². The van der Waals surface area contributed by atoms with Crippen LogP contribution in [-0.2, 0) is 0 Å². The van der Waals surface area contributed by atoms with Gasteiger partial charge in [-0.15, -0.1) is 0 Å². The smallest absolute Gasteiger partial charge is 0.501 e. The fourth-order valence-corrected chi connectivity index (χ4v) is 1.26. The van der Waals surface area contributed by atoms with Crippen LogP contribution in [-0.4, -0.2) is 24.1 Å². The molecule has 0 saturated carbocycles. The molecule has 2 rings (SSSR count). The molecule has 0 spiro atoms. The first-order valence-corrected chi connectivity index (χ1v) is 5.98. The van der Waals surface area contributed by atoms with E-state index < -0.39 is 7.32 Å². The lowest BCUT2D eigenvalue weighted by Crippen LogP contribution is -2.29. The second-order valence-corrected chi connectivity index (χ2v) is 3.49. The predicted molar refractivity (Wildman–Crippen MR) is 74.9 cm³/mol. The molecule has 100 valence electrons. The average molecular weight is 260 g/mol. The van der Waals surface area contributed by atoms with Crippen molar-refractivity contribution in [3.8, 4) is 11.5 Å². The minimum Gasteiger partial charge on any atom is -0.501 e. The van der Waals surface area contributed by atoms with Crippen molar-refractivity contribution in [3.05, 3.63) is 60.7 Å². The predicted octanol–water partition coefficient (Wildman–Crippen LogP) is 2.12. The van der Waals surface area contributed by atoms with Crippen LogP contribution >= 0.6 is 0 Å². The van der Waals surface area contributed by atoms with Crippen LogP contribution in [0, 0.1) is 0 Å². The van der Waals surface area contributed by atoms with Crippen LogP contribution in [0.15, 0.2) is 60.7 Å². The van der Waals surface area contributed by atoms with Gasteiger partial charge in [-0.3, -0.25) is 0 Å². The average Bonchev–Trinajstić information content (AvgIpc) is 2.41. The molecule has 0 aliphatic carbocycles. The van der Waals surface area contributed by atoms with Gasteiger partial charge in [0.15, 0.2) is 0 Å². The molecule has 0 amide bonds. The highest BCUT2D eigenvalue weighted by atomic mass is 16.7. The van der Waals surface area contributed by atoms with E-state index in [0.29, 0.717) is 11.5 Å². The van der Waals surface area contributed by atoms with Crippen molar-refractivity contribution in [2.45, 2.75) is 6.92 Å². The zero-order valence-corrected chi connectivity index (χ0v) is 10.8. The normalized spacial score (nSPS) is 9.00. The Balaban J connectivity index is 0.000000550. The number of aliphatic hydroxyl groups excluding tert-OH is 1. The highest BCUT2D eigenvalue weighted by Gasteiger charge is 2.20. The summed E-state index contributed by atoms with van der Waals surface area (Å²) >= 11 is 0. The van der Waals surface area contributed by atoms with E-state index in [1.165, 1.54) is 0 Å². The van der Waals surface area contributed by atoms with E-state index >= 15 is 0 Å². The maximum Gasteiger partial charge on any atom is 0.785 e. The van der Waals surface area contributed by atoms with Gasteiger partial charge >= 0.3 is 7.32 Å². The third-order valence-electron chi connectivity index (χ3n) is 1.96. The van der Waals surface area contributed by atoms with Gasteiger partial charge in [0, 0.05) is 6.61 Å². The SMILES string of the molecule is CCO.OB(Oc1ccccc1)Oc1ccccc1. The molecule has 0 fully saturated rings. The van der Waals surface area contributed by atoms with Gasteiger partial charge in [-0.1, -0.05) is 36.4 Å². The van der Waals surface area contributed by atoms with Crippen LogP contribution in [0.5, 0.6) is 11.5 Å². The van der Waals surface area contributed by atoms with E-state index in [1.54, 1.807) is 31.2 Å². The summed E-state index contributed by atoms with van der Waals surface area (Å²) in [5.41, 5.74) is 0. The molecule has 0 heterocycles. The van der Waals surface area contributed by atoms with Gasteiger partial charge in [-0.25, -0.2) is 0 Å². The number of para-hydroxylation sites is 2. The summed E-state index contributed by atoms with van der Waals surface area (Å²) in [4.78, 5) is 0. The van der Waals surface area contributed by atoms with E-state index in [0.717, 1.165) is 0 Å². The van der Waals surface area contributed by atoms with E-state index in [4.69, 9.17) is 14.4 Å². The molecule has 2 N–H and O–H groups in total. The van der Waals surface area contributed by atoms with Crippen LogP contribution in [0.3, 0.4) is 0 Å². The minimum absolute atomic E-state index is 0.250. The van der Waals surface area contributed by atoms with E-state index in [9.17, 15) is 5.02 Å². The van der Waals surface area contributed by atoms with Gasteiger partial charge in [-0.05, 0) is 31.2 Å². The second kappa shape index (κ2) is 9.02. The third kappa shape index (κ3) is 6.50. The Hall–Kier alpha value is -1.98. The molecule has 0 atom stereocenters. The number of hydrogen-bond donors (Lipinski definition) is 2. The Morgan fingerprint density at radius 1 is 0.842 bits per heavy atom. The molecule has 0 saturated heterocycles. The maximum absolute atomic E-state index is 9.51. The standard InChI is InChI=1S/C12H11BO3.C2H6O/c14-13(15-11-7-3-1-4-8-11)16-12-9-5-2-6-10-12;1-2-3/h1-10,14H;3H,2H2,1H3. The molecule has 0 aliphatic heterocycles. The quantitative estimate of drug-likeness (QED) is 0.826. The van der Waals surface area contributed by atoms with E-state index in [1.807, 2.05) is 36.4 Å². The summed E-state index contributed by atoms with van der Waals surface area (Å²) in [5.74, 6) is 1.12. The summed E-state index contributed by atoms with van der Waals surface area (Å²) in [6, 6.07) is 18.0. The fraction of sp³-hybridized carbons (Fsp3) is 0.143. The van der Waals surface area contributed by atoms with Gasteiger partial charge < -0.3 is 19.4 Å². The van der Waals surface area contributed by atoms with E-state index in [2.05, 4.69) is 0 Å². The fourth-order valence-electron chi connectivity index (χ4n) is 1.26. The molecule has 0 bridgehead atoms. The van der Waals surface area contributed by atoms with Crippen LogP contribution in [0.2, 0.25) is 0 Å². The third-order valence-corrected chi connectivity index (χ3v) is 1.96. The monoisotopic (exact) mass is 260 g/mol. The summed E-state index contributed by atoms with van der Waals surface area (Å²) in [7, 11) is -1.30. The first-order chi connectivity index (χ1) is 9.26. The summed E-state index contributed by atoms with van der Waals surface area (Å²) in [6.45, 7) is 1.93. The Labute approximate surface area is 113 Å². The van der Waals surface area contributed by atoms with Crippen LogP contribution in [0.4, 0.5) is 0 Å². The largest absolute Gasteiger partial charge is 0.785 e. The molecule has 4 nitrogen and oxygen atoms in total. The second-order valence-electron chi connectivity index (χ2n) is 3.49. The molecule has 0 aromatic heterocycles. The maximum atomic E-state index is 9.51. The zero-order chi connectivity index (χ0) is 13.9. The molecule has 0 radical (unpaired) electrons. The van der Waals surface area contributed by atoms with E-state index in [-0.39, 0.29) is 6.61 Å². The highest BCUT2D eigenvalue weighted by Crippen LogP contribution is 2.12. The Morgan fingerprint density at radius 3 is 1.47 bits per heavy atom. The molecule has 19 heavy (non-hydrogen) atoms. The molecule has 2 aromatic carbocycles. The Kier molecular flexibility index (Phi) is 7.16. The topological polar surface area (TPSA) is 58.9 Å². The molecule has 0 aliphatic rings. The molecule has 0 unspecified atom stereocenters. The van der Waals surface area contributed by atoms with Crippen molar-refractivity contribution in [2.75, 3.05) is 6.61 Å². The van der Waals surface area contributed by atoms with Crippen molar-refractivity contribution in [2.24, 2.45) is 0 Å². The number of benzene rings is 2. The van der Waals surface area contributed by atoms with Crippen molar-refractivity contribution in [3.63, 3.8) is 0 Å². The van der Waals surface area contributed by atoms with Gasteiger partial charge in [0.2, 0.25) is 0 Å². The van der Waals surface area contributed by atoms with Gasteiger partial charge in [0.05, 0.1) is 0 Å². The summed E-state index contributed by atoms with van der Waals surface area (Å²) < 4.78 is 10.3. The lowest BCUT2D eigenvalue weighted by Gasteiger charge is -2.10. The van der Waals surface area contributed by atoms with Crippen molar-refractivity contribution < 1.29 is 19.4 Å². The number of rotatable bonds is 4. The van der Waals surface area contributed by atoms with Crippen LogP contribution < -0.4 is 9.31 Å². The van der Waals surface area contributed by atoms with Crippen molar-refractivity contribution >= 4 is 7.32 Å². The van der Waals surface area contributed by atoms with Gasteiger partial charge in [0.1, 0.15) is 11.5 Å². The molecular formula is C14H17BO4. The zero-order valence-electron chi connectivity index (χ0n) is 10.8. The van der Waals surface area contributed by atoms with Crippen molar-refractivity contribution in [1.82, 2.24) is 0 Å². The Bertz CT molecular complexity index is 394. The van der Waals surface area contributed by atoms with Gasteiger partial charge in [0.25, 0.3) is 0 Å². The number of aliphatic hydroxyl groups is 1. The summed E-state index contributed by atoms with van der Waals surface area (Å²) in [6.07, 6.45) is 0. The van der Waals surface area contributed by atoms with Crippen LogP contribution in [0.25, 0.3) is 0 Å². The molecule has 2 aromatic rings.